The number of furan rings is 1. The van der Waals surface area contributed by atoms with Gasteiger partial charge in [0.2, 0.25) is 0 Å². The zero-order chi connectivity index (χ0) is 13.0. The molecule has 0 bridgehead atoms. The Morgan fingerprint density at radius 2 is 1.83 bits per heavy atom. The van der Waals surface area contributed by atoms with E-state index in [-0.39, 0.29) is 0 Å². The molecular formula is C14H17IN2O. The van der Waals surface area contributed by atoms with Crippen LogP contribution in [0.5, 0.6) is 0 Å². The molecule has 1 aromatic heterocycles. The zero-order valence-corrected chi connectivity index (χ0v) is 12.8. The van der Waals surface area contributed by atoms with Crippen LogP contribution >= 0.6 is 22.6 Å². The van der Waals surface area contributed by atoms with E-state index in [1.807, 2.05) is 12.1 Å². The largest absolute Gasteiger partial charge is 0.454 e. The first-order valence-corrected chi connectivity index (χ1v) is 6.93. The second-order valence-corrected chi connectivity index (χ2v) is 5.56. The standard InChI is InChI=1S/C14H17IN2O/c1-17(2)10-11-3-5-12(6-4-11)16-9-13-7-8-14(15)18-13/h3-8,16H,9-10H2,1-2H3. The van der Waals surface area contributed by atoms with Crippen molar-refractivity contribution in [3.05, 3.63) is 51.5 Å². The summed E-state index contributed by atoms with van der Waals surface area (Å²) in [5.41, 5.74) is 2.43. The van der Waals surface area contributed by atoms with Gasteiger partial charge in [-0.3, -0.25) is 0 Å². The number of nitrogens with one attached hydrogen (secondary N) is 1. The summed E-state index contributed by atoms with van der Waals surface area (Å²) in [7, 11) is 4.15. The van der Waals surface area contributed by atoms with Crippen molar-refractivity contribution in [1.29, 1.82) is 0 Å². The lowest BCUT2D eigenvalue weighted by Crippen LogP contribution is -2.10. The number of hydrogen-bond donors (Lipinski definition) is 1. The molecule has 0 fully saturated rings. The van der Waals surface area contributed by atoms with E-state index in [9.17, 15) is 0 Å². The van der Waals surface area contributed by atoms with E-state index in [1.54, 1.807) is 0 Å². The maximum atomic E-state index is 5.50. The smallest absolute Gasteiger partial charge is 0.164 e. The predicted molar refractivity (Wildman–Crippen MR) is 82.6 cm³/mol. The Kier molecular flexibility index (Phi) is 4.66. The second-order valence-electron chi connectivity index (χ2n) is 4.49. The third-order valence-corrected chi connectivity index (χ3v) is 3.13. The summed E-state index contributed by atoms with van der Waals surface area (Å²) in [5, 5.41) is 3.34. The van der Waals surface area contributed by atoms with Gasteiger partial charge >= 0.3 is 0 Å². The Bertz CT molecular complexity index is 491. The van der Waals surface area contributed by atoms with Crippen LogP contribution in [-0.2, 0) is 13.1 Å². The summed E-state index contributed by atoms with van der Waals surface area (Å²) < 4.78 is 6.42. The Morgan fingerprint density at radius 1 is 1.11 bits per heavy atom. The average molecular weight is 356 g/mol. The summed E-state index contributed by atoms with van der Waals surface area (Å²) in [6, 6.07) is 12.5. The highest BCUT2D eigenvalue weighted by atomic mass is 127. The van der Waals surface area contributed by atoms with Crippen LogP contribution in [0.25, 0.3) is 0 Å². The summed E-state index contributed by atoms with van der Waals surface area (Å²) in [5.74, 6) is 0.955. The van der Waals surface area contributed by atoms with E-state index in [0.29, 0.717) is 0 Å². The van der Waals surface area contributed by atoms with Gasteiger partial charge in [0, 0.05) is 12.2 Å². The van der Waals surface area contributed by atoms with Crippen molar-refractivity contribution in [3.63, 3.8) is 0 Å². The average Bonchev–Trinajstić information content (AvgIpc) is 2.74. The third-order valence-electron chi connectivity index (χ3n) is 2.55. The van der Waals surface area contributed by atoms with Gasteiger partial charge in [0.1, 0.15) is 5.76 Å². The van der Waals surface area contributed by atoms with Crippen molar-refractivity contribution in [2.45, 2.75) is 13.1 Å². The molecule has 18 heavy (non-hydrogen) atoms. The van der Waals surface area contributed by atoms with Crippen LogP contribution in [0.3, 0.4) is 0 Å². The SMILES string of the molecule is CN(C)Cc1ccc(NCc2ccc(I)o2)cc1. The van der Waals surface area contributed by atoms with E-state index < -0.39 is 0 Å². The molecule has 0 aliphatic carbocycles. The lowest BCUT2D eigenvalue weighted by atomic mass is 10.2. The molecule has 0 saturated heterocycles. The highest BCUT2D eigenvalue weighted by molar-refractivity contribution is 14.1. The van der Waals surface area contributed by atoms with Crippen molar-refractivity contribution in [3.8, 4) is 0 Å². The molecule has 4 heteroatoms. The van der Waals surface area contributed by atoms with Crippen LogP contribution in [-0.4, -0.2) is 19.0 Å². The summed E-state index contributed by atoms with van der Waals surface area (Å²) in [6.07, 6.45) is 0. The minimum atomic E-state index is 0.718. The second kappa shape index (κ2) is 6.24. The third kappa shape index (κ3) is 4.03. The summed E-state index contributed by atoms with van der Waals surface area (Å²) in [6.45, 7) is 1.69. The highest BCUT2D eigenvalue weighted by Gasteiger charge is 2.00. The minimum Gasteiger partial charge on any atom is -0.454 e. The molecule has 0 atom stereocenters. The Hall–Kier alpha value is -1.01. The maximum absolute atomic E-state index is 5.50. The normalized spacial score (nSPS) is 10.9. The molecule has 2 aromatic rings. The van der Waals surface area contributed by atoms with Crippen molar-refractivity contribution < 1.29 is 4.42 Å². The molecule has 0 spiro atoms. The first-order chi connectivity index (χ1) is 8.63. The van der Waals surface area contributed by atoms with E-state index in [4.69, 9.17) is 4.42 Å². The molecule has 1 N–H and O–H groups in total. The van der Waals surface area contributed by atoms with Crippen LogP contribution in [0.2, 0.25) is 0 Å². The summed E-state index contributed by atoms with van der Waals surface area (Å²) >= 11 is 2.17. The predicted octanol–water partition coefficient (Wildman–Crippen LogP) is 3.56. The number of halogens is 1. The van der Waals surface area contributed by atoms with E-state index in [1.165, 1.54) is 5.56 Å². The lowest BCUT2D eigenvalue weighted by molar-refractivity contribution is 0.402. The molecule has 96 valence electrons. The van der Waals surface area contributed by atoms with Gasteiger partial charge in [-0.1, -0.05) is 12.1 Å². The fourth-order valence-electron chi connectivity index (χ4n) is 1.73. The molecule has 2 rings (SSSR count). The van der Waals surface area contributed by atoms with Gasteiger partial charge < -0.3 is 14.6 Å². The van der Waals surface area contributed by atoms with Gasteiger partial charge in [-0.05, 0) is 66.5 Å². The molecule has 0 unspecified atom stereocenters. The Labute approximate surface area is 121 Å². The van der Waals surface area contributed by atoms with Gasteiger partial charge in [0.05, 0.1) is 6.54 Å². The molecule has 0 radical (unpaired) electrons. The molecule has 0 aliphatic heterocycles. The first-order valence-electron chi connectivity index (χ1n) is 5.85. The van der Waals surface area contributed by atoms with Crippen LogP contribution in [0.4, 0.5) is 5.69 Å². The van der Waals surface area contributed by atoms with Crippen molar-refractivity contribution in [2.24, 2.45) is 0 Å². The maximum Gasteiger partial charge on any atom is 0.164 e. The van der Waals surface area contributed by atoms with Gasteiger partial charge in [-0.2, -0.15) is 0 Å². The number of hydrogen-bond acceptors (Lipinski definition) is 3. The topological polar surface area (TPSA) is 28.4 Å². The minimum absolute atomic E-state index is 0.718. The fraction of sp³-hybridized carbons (Fsp3) is 0.286. The van der Waals surface area contributed by atoms with Gasteiger partial charge in [0.15, 0.2) is 3.77 Å². The highest BCUT2D eigenvalue weighted by Crippen LogP contribution is 2.14. The molecule has 0 saturated carbocycles. The summed E-state index contributed by atoms with van der Waals surface area (Å²) in [4.78, 5) is 2.16. The number of benzene rings is 1. The zero-order valence-electron chi connectivity index (χ0n) is 10.6. The van der Waals surface area contributed by atoms with Crippen LogP contribution in [0, 0.1) is 3.77 Å². The van der Waals surface area contributed by atoms with E-state index in [0.717, 1.165) is 28.3 Å². The van der Waals surface area contributed by atoms with Gasteiger partial charge in [-0.25, -0.2) is 0 Å². The Balaban J connectivity index is 1.90. The van der Waals surface area contributed by atoms with Gasteiger partial charge in [-0.15, -0.1) is 0 Å². The first kappa shape index (κ1) is 13.4. The number of anilines is 1. The van der Waals surface area contributed by atoms with Crippen molar-refractivity contribution in [1.82, 2.24) is 4.90 Å². The van der Waals surface area contributed by atoms with Crippen molar-refractivity contribution >= 4 is 28.3 Å². The van der Waals surface area contributed by atoms with Crippen molar-refractivity contribution in [2.75, 3.05) is 19.4 Å². The quantitative estimate of drug-likeness (QED) is 0.831. The number of rotatable bonds is 5. The fourth-order valence-corrected chi connectivity index (χ4v) is 2.19. The van der Waals surface area contributed by atoms with Crippen LogP contribution in [0.1, 0.15) is 11.3 Å². The molecular weight excluding hydrogens is 339 g/mol. The number of nitrogens with zero attached hydrogens (tertiary/aromatic N) is 1. The van der Waals surface area contributed by atoms with E-state index in [2.05, 4.69) is 71.2 Å². The monoisotopic (exact) mass is 356 g/mol. The molecule has 1 aromatic carbocycles. The van der Waals surface area contributed by atoms with Gasteiger partial charge in [0.25, 0.3) is 0 Å². The van der Waals surface area contributed by atoms with E-state index >= 15 is 0 Å². The molecule has 1 heterocycles. The van der Waals surface area contributed by atoms with Crippen LogP contribution in [0.15, 0.2) is 40.8 Å². The van der Waals surface area contributed by atoms with Crippen LogP contribution < -0.4 is 5.32 Å². The molecule has 0 aliphatic rings. The molecule has 3 nitrogen and oxygen atoms in total. The Morgan fingerprint density at radius 3 is 2.39 bits per heavy atom. The lowest BCUT2D eigenvalue weighted by Gasteiger charge is -2.10. The molecule has 0 amide bonds.